The Balaban J connectivity index is 1.93. The molecule has 1 aromatic rings. The average Bonchev–Trinajstić information content (AvgIpc) is 2.76. The summed E-state index contributed by atoms with van der Waals surface area (Å²) in [6, 6.07) is 1.60. The maximum atomic E-state index is 12.1. The van der Waals surface area contributed by atoms with Crippen LogP contribution in [0.1, 0.15) is 24.2 Å². The molecule has 1 fully saturated rings. The van der Waals surface area contributed by atoms with E-state index in [1.807, 2.05) is 0 Å². The van der Waals surface area contributed by atoms with Gasteiger partial charge in [0.25, 0.3) is 5.91 Å². The maximum Gasteiger partial charge on any atom is 0.253 e. The Kier molecular flexibility index (Phi) is 5.31. The Hall–Kier alpha value is -0.330. The number of hydrogen-bond acceptors (Lipinski definition) is 4. The van der Waals surface area contributed by atoms with Crippen LogP contribution >= 0.6 is 34.5 Å². The molecule has 7 heteroatoms. The van der Waals surface area contributed by atoms with E-state index < -0.39 is 0 Å². The van der Waals surface area contributed by atoms with Crippen LogP contribution in [-0.4, -0.2) is 49.2 Å². The highest BCUT2D eigenvalue weighted by atomic mass is 35.5. The van der Waals surface area contributed by atoms with E-state index in [0.29, 0.717) is 20.8 Å². The van der Waals surface area contributed by atoms with Gasteiger partial charge in [0, 0.05) is 25.2 Å². The van der Waals surface area contributed by atoms with E-state index >= 15 is 0 Å². The van der Waals surface area contributed by atoms with Crippen LogP contribution < -0.4 is 5.32 Å². The number of nitrogens with zero attached hydrogens (tertiary/aromatic N) is 1. The SMILES string of the molecule is CC(C)(CNC(=O)c1cc(Cl)sc1Cl)N1CCOCC1. The lowest BCUT2D eigenvalue weighted by Crippen LogP contribution is -2.55. The van der Waals surface area contributed by atoms with E-state index in [9.17, 15) is 4.79 Å². The molecule has 0 aromatic carbocycles. The van der Waals surface area contributed by atoms with Crippen LogP contribution in [0.3, 0.4) is 0 Å². The molecule has 1 aliphatic heterocycles. The van der Waals surface area contributed by atoms with Crippen molar-refractivity contribution in [1.82, 2.24) is 10.2 Å². The van der Waals surface area contributed by atoms with Gasteiger partial charge >= 0.3 is 0 Å². The first kappa shape index (κ1) is 16.0. The number of carbonyl (C=O) groups is 1. The van der Waals surface area contributed by atoms with Gasteiger partial charge in [-0.15, -0.1) is 11.3 Å². The van der Waals surface area contributed by atoms with Crippen LogP contribution in [0, 0.1) is 0 Å². The molecule has 20 heavy (non-hydrogen) atoms. The van der Waals surface area contributed by atoms with Gasteiger partial charge in [-0.25, -0.2) is 0 Å². The second-order valence-corrected chi connectivity index (χ2v) is 7.62. The summed E-state index contributed by atoms with van der Waals surface area (Å²) < 4.78 is 6.30. The Morgan fingerprint density at radius 1 is 1.45 bits per heavy atom. The molecule has 0 atom stereocenters. The first-order chi connectivity index (χ1) is 9.40. The summed E-state index contributed by atoms with van der Waals surface area (Å²) in [6.45, 7) is 8.02. The Labute approximate surface area is 133 Å². The van der Waals surface area contributed by atoms with Gasteiger partial charge < -0.3 is 10.1 Å². The highest BCUT2D eigenvalue weighted by Crippen LogP contribution is 2.31. The first-order valence-electron chi connectivity index (χ1n) is 6.46. The fraction of sp³-hybridized carbons (Fsp3) is 0.615. The minimum atomic E-state index is -0.181. The minimum absolute atomic E-state index is 0.119. The van der Waals surface area contributed by atoms with Crippen molar-refractivity contribution in [3.63, 3.8) is 0 Å². The lowest BCUT2D eigenvalue weighted by atomic mass is 10.0. The van der Waals surface area contributed by atoms with E-state index in [0.717, 1.165) is 26.3 Å². The highest BCUT2D eigenvalue weighted by molar-refractivity contribution is 7.20. The van der Waals surface area contributed by atoms with Gasteiger partial charge in [-0.1, -0.05) is 23.2 Å². The smallest absolute Gasteiger partial charge is 0.253 e. The fourth-order valence-corrected chi connectivity index (χ4v) is 3.63. The quantitative estimate of drug-likeness (QED) is 0.919. The molecule has 0 aliphatic carbocycles. The third kappa shape index (κ3) is 3.86. The van der Waals surface area contributed by atoms with E-state index in [2.05, 4.69) is 24.1 Å². The number of amides is 1. The number of carbonyl (C=O) groups excluding carboxylic acids is 1. The third-order valence-corrected chi connectivity index (χ3v) is 4.94. The molecule has 0 radical (unpaired) electrons. The molecule has 1 saturated heterocycles. The summed E-state index contributed by atoms with van der Waals surface area (Å²) in [5.74, 6) is -0.181. The fourth-order valence-electron chi connectivity index (χ4n) is 2.17. The van der Waals surface area contributed by atoms with E-state index in [1.54, 1.807) is 6.07 Å². The summed E-state index contributed by atoms with van der Waals surface area (Å²) in [5, 5.41) is 2.93. The van der Waals surface area contributed by atoms with Crippen molar-refractivity contribution in [3.8, 4) is 0 Å². The van der Waals surface area contributed by atoms with E-state index in [4.69, 9.17) is 27.9 Å². The van der Waals surface area contributed by atoms with Crippen LogP contribution in [-0.2, 0) is 4.74 Å². The Morgan fingerprint density at radius 3 is 2.65 bits per heavy atom. The van der Waals surface area contributed by atoms with Crippen molar-refractivity contribution in [2.75, 3.05) is 32.8 Å². The molecule has 1 aromatic heterocycles. The Bertz CT molecular complexity index is 485. The third-order valence-electron chi connectivity index (χ3n) is 3.45. The van der Waals surface area contributed by atoms with Gasteiger partial charge in [-0.05, 0) is 19.9 Å². The predicted molar refractivity (Wildman–Crippen MR) is 83.1 cm³/mol. The van der Waals surface area contributed by atoms with Crippen molar-refractivity contribution >= 4 is 40.4 Å². The minimum Gasteiger partial charge on any atom is -0.379 e. The monoisotopic (exact) mass is 336 g/mol. The van der Waals surface area contributed by atoms with Crippen molar-refractivity contribution in [2.24, 2.45) is 0 Å². The zero-order chi connectivity index (χ0) is 14.8. The summed E-state index contributed by atoms with van der Waals surface area (Å²) in [6.07, 6.45) is 0. The molecule has 0 saturated carbocycles. The highest BCUT2D eigenvalue weighted by Gasteiger charge is 2.29. The molecular formula is C13H18Cl2N2O2S. The van der Waals surface area contributed by atoms with Crippen LogP contribution in [0.15, 0.2) is 6.07 Å². The number of hydrogen-bond donors (Lipinski definition) is 1. The Morgan fingerprint density at radius 2 is 2.10 bits per heavy atom. The number of thiophene rings is 1. The predicted octanol–water partition coefficient (Wildman–Crippen LogP) is 2.90. The summed E-state index contributed by atoms with van der Waals surface area (Å²) in [7, 11) is 0. The zero-order valence-electron chi connectivity index (χ0n) is 11.5. The second-order valence-electron chi connectivity index (χ2n) is 5.33. The first-order valence-corrected chi connectivity index (χ1v) is 8.03. The van der Waals surface area contributed by atoms with Crippen LogP contribution in [0.4, 0.5) is 0 Å². The largest absolute Gasteiger partial charge is 0.379 e. The molecule has 0 unspecified atom stereocenters. The lowest BCUT2D eigenvalue weighted by Gasteiger charge is -2.40. The summed E-state index contributed by atoms with van der Waals surface area (Å²) in [5.41, 5.74) is 0.325. The summed E-state index contributed by atoms with van der Waals surface area (Å²) >= 11 is 13.0. The zero-order valence-corrected chi connectivity index (χ0v) is 13.9. The molecule has 4 nitrogen and oxygen atoms in total. The molecular weight excluding hydrogens is 319 g/mol. The van der Waals surface area contributed by atoms with Crippen molar-refractivity contribution in [1.29, 1.82) is 0 Å². The molecule has 0 spiro atoms. The van der Waals surface area contributed by atoms with E-state index in [-0.39, 0.29) is 11.4 Å². The number of nitrogens with one attached hydrogen (secondary N) is 1. The van der Waals surface area contributed by atoms with Gasteiger partial charge in [0.2, 0.25) is 0 Å². The summed E-state index contributed by atoms with van der Waals surface area (Å²) in [4.78, 5) is 14.4. The van der Waals surface area contributed by atoms with E-state index in [1.165, 1.54) is 11.3 Å². The molecule has 2 heterocycles. The van der Waals surface area contributed by atoms with Crippen molar-refractivity contribution in [3.05, 3.63) is 20.3 Å². The van der Waals surface area contributed by atoms with Gasteiger partial charge in [-0.2, -0.15) is 0 Å². The standard InChI is InChI=1S/C13H18Cl2N2O2S/c1-13(2,17-3-5-19-6-4-17)8-16-12(18)9-7-10(14)20-11(9)15/h7H,3-6,8H2,1-2H3,(H,16,18). The maximum absolute atomic E-state index is 12.1. The van der Waals surface area contributed by atoms with Crippen LogP contribution in [0.5, 0.6) is 0 Å². The molecule has 112 valence electrons. The molecule has 1 N–H and O–H groups in total. The molecule has 1 amide bonds. The van der Waals surface area contributed by atoms with Crippen LogP contribution in [0.25, 0.3) is 0 Å². The molecule has 1 aliphatic rings. The number of ether oxygens (including phenoxy) is 1. The normalized spacial score (nSPS) is 17.2. The lowest BCUT2D eigenvalue weighted by molar-refractivity contribution is -0.00923. The van der Waals surface area contributed by atoms with Crippen molar-refractivity contribution < 1.29 is 9.53 Å². The van der Waals surface area contributed by atoms with Gasteiger partial charge in [0.1, 0.15) is 4.34 Å². The molecule has 2 rings (SSSR count). The van der Waals surface area contributed by atoms with Crippen molar-refractivity contribution in [2.45, 2.75) is 19.4 Å². The number of morpholine rings is 1. The second kappa shape index (κ2) is 6.62. The molecule has 0 bridgehead atoms. The number of halogens is 2. The van der Waals surface area contributed by atoms with Gasteiger partial charge in [0.15, 0.2) is 0 Å². The topological polar surface area (TPSA) is 41.6 Å². The average molecular weight is 337 g/mol. The van der Waals surface area contributed by atoms with Gasteiger partial charge in [0.05, 0.1) is 23.1 Å². The number of rotatable bonds is 4. The van der Waals surface area contributed by atoms with Gasteiger partial charge in [-0.3, -0.25) is 9.69 Å². The van der Waals surface area contributed by atoms with Crippen LogP contribution in [0.2, 0.25) is 8.67 Å².